The number of hydrogen-bond acceptors (Lipinski definition) is 5. The summed E-state index contributed by atoms with van der Waals surface area (Å²) in [5.74, 6) is 2.07. The number of hydrogen-bond donors (Lipinski definition) is 3. The van der Waals surface area contributed by atoms with Gasteiger partial charge in [0.2, 0.25) is 0 Å². The lowest BCUT2D eigenvalue weighted by Crippen LogP contribution is -2.28. The number of nitrogens with one attached hydrogen (secondary N) is 2. The first-order valence-electron chi connectivity index (χ1n) is 7.94. The van der Waals surface area contributed by atoms with E-state index in [1.165, 1.54) is 6.39 Å². The van der Waals surface area contributed by atoms with Crippen LogP contribution >= 0.6 is 0 Å². The first-order chi connectivity index (χ1) is 12.0. The average molecular weight is 344 g/mol. The smallest absolute Gasteiger partial charge is 0.405 e. The molecule has 0 aliphatic rings. The summed E-state index contributed by atoms with van der Waals surface area (Å²) in [4.78, 5) is 22.8. The molecule has 3 rings (SSSR count). The van der Waals surface area contributed by atoms with Crippen LogP contribution in [0.3, 0.4) is 0 Å². The molecule has 0 spiro atoms. The van der Waals surface area contributed by atoms with Gasteiger partial charge in [0.15, 0.2) is 12.2 Å². The predicted molar refractivity (Wildman–Crippen MR) is 91.5 cm³/mol. The number of nitrogens with zero attached hydrogens (tertiary/aromatic N) is 2. The molecule has 1 amide bonds. The Morgan fingerprint density at radius 1 is 1.44 bits per heavy atom. The number of fused-ring (bicyclic) bond motifs is 1. The van der Waals surface area contributed by atoms with Crippen LogP contribution in [-0.4, -0.2) is 33.3 Å². The molecule has 25 heavy (non-hydrogen) atoms. The Labute approximate surface area is 144 Å². The Kier molecular flexibility index (Phi) is 4.60. The monoisotopic (exact) mass is 344 g/mol. The van der Waals surface area contributed by atoms with E-state index in [0.29, 0.717) is 35.2 Å². The first kappa shape index (κ1) is 16.8. The van der Waals surface area contributed by atoms with E-state index in [9.17, 15) is 4.79 Å². The molecular formula is C17H20N4O4. The second-order valence-electron chi connectivity index (χ2n) is 6.19. The van der Waals surface area contributed by atoms with Crippen LogP contribution in [0, 0.1) is 5.92 Å². The molecule has 0 radical (unpaired) electrons. The van der Waals surface area contributed by atoms with Crippen molar-refractivity contribution in [3.05, 3.63) is 30.5 Å². The normalized spacial score (nSPS) is 12.5. The SMILES string of the molecule is COc1cc2nc(C(CC(C)C)NC(=O)O)[nH]c2cc1-c1cnco1. The van der Waals surface area contributed by atoms with E-state index in [-0.39, 0.29) is 0 Å². The van der Waals surface area contributed by atoms with E-state index in [0.717, 1.165) is 11.1 Å². The van der Waals surface area contributed by atoms with Crippen molar-refractivity contribution in [2.24, 2.45) is 5.92 Å². The number of oxazole rings is 1. The Morgan fingerprint density at radius 2 is 2.24 bits per heavy atom. The van der Waals surface area contributed by atoms with Crippen LogP contribution in [0.15, 0.2) is 29.1 Å². The van der Waals surface area contributed by atoms with E-state index < -0.39 is 12.1 Å². The number of carbonyl (C=O) groups is 1. The summed E-state index contributed by atoms with van der Waals surface area (Å²) >= 11 is 0. The van der Waals surface area contributed by atoms with E-state index >= 15 is 0 Å². The van der Waals surface area contributed by atoms with Gasteiger partial charge in [0.25, 0.3) is 0 Å². The lowest BCUT2D eigenvalue weighted by Gasteiger charge is -2.16. The molecule has 1 atom stereocenters. The van der Waals surface area contributed by atoms with Gasteiger partial charge in [0, 0.05) is 6.07 Å². The maximum absolute atomic E-state index is 11.1. The van der Waals surface area contributed by atoms with Crippen molar-refractivity contribution < 1.29 is 19.1 Å². The van der Waals surface area contributed by atoms with Crippen LogP contribution in [0.4, 0.5) is 4.79 Å². The van der Waals surface area contributed by atoms with Crippen LogP contribution in [0.2, 0.25) is 0 Å². The zero-order valence-corrected chi connectivity index (χ0v) is 14.2. The standard InChI is InChI=1S/C17H20N4O4/c1-9(2)4-13(21-17(22)23)16-19-11-5-10(15-7-18-8-25-15)14(24-3)6-12(11)20-16/h5-9,13,21H,4H2,1-3H3,(H,19,20)(H,22,23). The van der Waals surface area contributed by atoms with Crippen molar-refractivity contribution >= 4 is 17.1 Å². The quantitative estimate of drug-likeness (QED) is 0.630. The Balaban J connectivity index is 2.05. The molecule has 0 bridgehead atoms. The molecule has 2 aromatic heterocycles. The van der Waals surface area contributed by atoms with Gasteiger partial charge < -0.3 is 24.6 Å². The summed E-state index contributed by atoms with van der Waals surface area (Å²) in [6.07, 6.45) is 2.52. The molecule has 8 nitrogen and oxygen atoms in total. The minimum atomic E-state index is -1.08. The van der Waals surface area contributed by atoms with Crippen LogP contribution in [0.5, 0.6) is 5.75 Å². The summed E-state index contributed by atoms with van der Waals surface area (Å²) in [5, 5.41) is 11.6. The number of ether oxygens (including phenoxy) is 1. The van der Waals surface area contributed by atoms with Crippen molar-refractivity contribution in [3.63, 3.8) is 0 Å². The van der Waals surface area contributed by atoms with Gasteiger partial charge in [-0.15, -0.1) is 0 Å². The molecule has 3 N–H and O–H groups in total. The van der Waals surface area contributed by atoms with Gasteiger partial charge in [-0.05, 0) is 18.4 Å². The highest BCUT2D eigenvalue weighted by Crippen LogP contribution is 2.34. The fraction of sp³-hybridized carbons (Fsp3) is 0.353. The molecule has 0 saturated carbocycles. The topological polar surface area (TPSA) is 113 Å². The summed E-state index contributed by atoms with van der Waals surface area (Å²) in [6.45, 7) is 4.06. The summed E-state index contributed by atoms with van der Waals surface area (Å²) in [5.41, 5.74) is 2.20. The van der Waals surface area contributed by atoms with Gasteiger partial charge in [-0.1, -0.05) is 13.8 Å². The molecule has 0 saturated heterocycles. The van der Waals surface area contributed by atoms with Crippen molar-refractivity contribution in [3.8, 4) is 17.1 Å². The Bertz CT molecular complexity index is 870. The number of imidazole rings is 1. The lowest BCUT2D eigenvalue weighted by molar-refractivity contribution is 0.187. The van der Waals surface area contributed by atoms with Gasteiger partial charge in [0.05, 0.1) is 35.9 Å². The first-order valence-corrected chi connectivity index (χ1v) is 7.94. The molecule has 0 aliphatic carbocycles. The number of aromatic amines is 1. The Hall–Kier alpha value is -3.03. The van der Waals surface area contributed by atoms with Crippen molar-refractivity contribution in [2.75, 3.05) is 7.11 Å². The fourth-order valence-corrected chi connectivity index (χ4v) is 2.79. The zero-order valence-electron chi connectivity index (χ0n) is 14.2. The van der Waals surface area contributed by atoms with Crippen LogP contribution in [0.25, 0.3) is 22.4 Å². The van der Waals surface area contributed by atoms with Crippen molar-refractivity contribution in [2.45, 2.75) is 26.3 Å². The number of carboxylic acid groups (broad SMARTS) is 1. The number of H-pyrrole nitrogens is 1. The molecule has 1 aromatic carbocycles. The maximum Gasteiger partial charge on any atom is 0.405 e. The minimum Gasteiger partial charge on any atom is -0.496 e. The van der Waals surface area contributed by atoms with Gasteiger partial charge in [-0.2, -0.15) is 0 Å². The second-order valence-corrected chi connectivity index (χ2v) is 6.19. The number of aromatic nitrogens is 3. The van der Waals surface area contributed by atoms with Crippen LogP contribution in [-0.2, 0) is 0 Å². The molecule has 2 heterocycles. The van der Waals surface area contributed by atoms with Gasteiger partial charge in [-0.25, -0.2) is 14.8 Å². The summed E-state index contributed by atoms with van der Waals surface area (Å²) < 4.78 is 10.8. The number of benzene rings is 1. The number of methoxy groups -OCH3 is 1. The molecule has 1 unspecified atom stereocenters. The third kappa shape index (κ3) is 3.57. The van der Waals surface area contributed by atoms with E-state index in [4.69, 9.17) is 14.3 Å². The molecular weight excluding hydrogens is 324 g/mol. The van der Waals surface area contributed by atoms with E-state index in [1.54, 1.807) is 19.4 Å². The number of rotatable bonds is 6. The Morgan fingerprint density at radius 3 is 2.84 bits per heavy atom. The van der Waals surface area contributed by atoms with Crippen molar-refractivity contribution in [1.82, 2.24) is 20.3 Å². The predicted octanol–water partition coefficient (Wildman–Crippen LogP) is 3.58. The van der Waals surface area contributed by atoms with E-state index in [1.807, 2.05) is 19.9 Å². The third-order valence-corrected chi connectivity index (χ3v) is 3.85. The minimum absolute atomic E-state index is 0.310. The zero-order chi connectivity index (χ0) is 18.0. The van der Waals surface area contributed by atoms with Crippen molar-refractivity contribution in [1.29, 1.82) is 0 Å². The highest BCUT2D eigenvalue weighted by molar-refractivity contribution is 5.85. The number of amides is 1. The average Bonchev–Trinajstić information content (AvgIpc) is 3.21. The summed E-state index contributed by atoms with van der Waals surface area (Å²) in [7, 11) is 1.57. The maximum atomic E-state index is 11.1. The molecule has 0 fully saturated rings. The fourth-order valence-electron chi connectivity index (χ4n) is 2.79. The van der Waals surface area contributed by atoms with Gasteiger partial charge in [0.1, 0.15) is 11.6 Å². The third-order valence-electron chi connectivity index (χ3n) is 3.85. The summed E-state index contributed by atoms with van der Waals surface area (Å²) in [6, 6.07) is 3.24. The highest BCUT2D eigenvalue weighted by Gasteiger charge is 2.21. The molecule has 3 aromatic rings. The molecule has 0 aliphatic heterocycles. The molecule has 8 heteroatoms. The van der Waals surface area contributed by atoms with Gasteiger partial charge in [-0.3, -0.25) is 0 Å². The second kappa shape index (κ2) is 6.84. The van der Waals surface area contributed by atoms with Crippen LogP contribution in [0.1, 0.15) is 32.1 Å². The van der Waals surface area contributed by atoms with E-state index in [2.05, 4.69) is 20.3 Å². The van der Waals surface area contributed by atoms with Gasteiger partial charge >= 0.3 is 6.09 Å². The molecule has 132 valence electrons. The van der Waals surface area contributed by atoms with Crippen LogP contribution < -0.4 is 10.1 Å². The highest BCUT2D eigenvalue weighted by atomic mass is 16.5. The largest absolute Gasteiger partial charge is 0.496 e. The lowest BCUT2D eigenvalue weighted by atomic mass is 10.0.